The Bertz CT molecular complexity index is 628. The molecule has 1 aliphatic carbocycles. The molecule has 1 aromatic rings. The number of nitrogens with zero attached hydrogens (tertiary/aromatic N) is 3. The van der Waals surface area contributed by atoms with E-state index in [2.05, 4.69) is 74.2 Å². The molecule has 1 atom stereocenters. The van der Waals surface area contributed by atoms with Crippen LogP contribution < -0.4 is 5.32 Å². The summed E-state index contributed by atoms with van der Waals surface area (Å²) in [6.07, 6.45) is 3.78. The first-order valence-electron chi connectivity index (χ1n) is 10.0. The maximum atomic E-state index is 4.58. The van der Waals surface area contributed by atoms with Gasteiger partial charge in [0.2, 0.25) is 0 Å². The largest absolute Gasteiger partial charge is 0.355 e. The summed E-state index contributed by atoms with van der Waals surface area (Å²) >= 11 is 3.73. The Hall–Kier alpha value is -0.340. The monoisotopic (exact) mass is 548 g/mol. The Labute approximate surface area is 190 Å². The SMILES string of the molecule is CCN(CC)CC1CCN(C(=NC)NCC2(c3ccccc3Br)CC2)C1.I. The van der Waals surface area contributed by atoms with Gasteiger partial charge in [0.25, 0.3) is 0 Å². The quantitative estimate of drug-likeness (QED) is 0.312. The van der Waals surface area contributed by atoms with Crippen molar-refractivity contribution in [2.75, 3.05) is 46.3 Å². The summed E-state index contributed by atoms with van der Waals surface area (Å²) in [7, 11) is 1.91. The molecule has 1 saturated carbocycles. The topological polar surface area (TPSA) is 30.9 Å². The van der Waals surface area contributed by atoms with Crippen LogP contribution in [0.5, 0.6) is 0 Å². The van der Waals surface area contributed by atoms with Crippen molar-refractivity contribution >= 4 is 45.9 Å². The number of benzene rings is 1. The number of likely N-dealkylation sites (tertiary alicyclic amines) is 1. The number of guanidine groups is 1. The van der Waals surface area contributed by atoms with Crippen molar-refractivity contribution in [1.29, 1.82) is 0 Å². The van der Waals surface area contributed by atoms with E-state index < -0.39 is 0 Å². The molecule has 1 N–H and O–H groups in total. The van der Waals surface area contributed by atoms with Gasteiger partial charge < -0.3 is 15.1 Å². The summed E-state index contributed by atoms with van der Waals surface area (Å²) in [5.74, 6) is 1.83. The van der Waals surface area contributed by atoms with Gasteiger partial charge in [0.15, 0.2) is 5.96 Å². The lowest BCUT2D eigenvalue weighted by Crippen LogP contribution is -2.43. The van der Waals surface area contributed by atoms with Gasteiger partial charge in [-0.3, -0.25) is 4.99 Å². The fourth-order valence-electron chi connectivity index (χ4n) is 4.19. The molecule has 0 amide bonds. The van der Waals surface area contributed by atoms with Crippen molar-refractivity contribution in [3.05, 3.63) is 34.3 Å². The van der Waals surface area contributed by atoms with Gasteiger partial charge in [-0.2, -0.15) is 0 Å². The van der Waals surface area contributed by atoms with E-state index in [0.717, 1.165) is 44.6 Å². The van der Waals surface area contributed by atoms with Crippen molar-refractivity contribution in [3.63, 3.8) is 0 Å². The third-order valence-electron chi connectivity index (χ3n) is 6.09. The van der Waals surface area contributed by atoms with Crippen LogP contribution in [-0.2, 0) is 5.41 Å². The molecule has 0 aromatic heterocycles. The molecule has 1 heterocycles. The van der Waals surface area contributed by atoms with E-state index >= 15 is 0 Å². The van der Waals surface area contributed by atoms with Crippen molar-refractivity contribution in [2.24, 2.45) is 10.9 Å². The molecular formula is C21H34BrIN4. The van der Waals surface area contributed by atoms with E-state index in [1.165, 1.54) is 35.8 Å². The van der Waals surface area contributed by atoms with E-state index in [4.69, 9.17) is 0 Å². The molecule has 27 heavy (non-hydrogen) atoms. The van der Waals surface area contributed by atoms with Gasteiger partial charge in [0.05, 0.1) is 0 Å². The minimum atomic E-state index is 0. The molecule has 0 radical (unpaired) electrons. The van der Waals surface area contributed by atoms with Gasteiger partial charge in [0, 0.05) is 43.1 Å². The summed E-state index contributed by atoms with van der Waals surface area (Å²) in [5.41, 5.74) is 1.71. The zero-order chi connectivity index (χ0) is 18.6. The predicted molar refractivity (Wildman–Crippen MR) is 129 cm³/mol. The summed E-state index contributed by atoms with van der Waals surface area (Å²) in [4.78, 5) is 9.56. The number of hydrogen-bond donors (Lipinski definition) is 1. The van der Waals surface area contributed by atoms with Gasteiger partial charge in [0.1, 0.15) is 0 Å². The molecule has 1 saturated heterocycles. The van der Waals surface area contributed by atoms with Crippen LogP contribution in [0.1, 0.15) is 38.7 Å². The van der Waals surface area contributed by atoms with Crippen molar-refractivity contribution < 1.29 is 0 Å². The highest BCUT2D eigenvalue weighted by atomic mass is 127. The lowest BCUT2D eigenvalue weighted by molar-refractivity contribution is 0.255. The molecule has 0 bridgehead atoms. The van der Waals surface area contributed by atoms with Crippen LogP contribution >= 0.6 is 39.9 Å². The van der Waals surface area contributed by atoms with Gasteiger partial charge in [-0.25, -0.2) is 0 Å². The normalized spacial score (nSPS) is 21.3. The van der Waals surface area contributed by atoms with Crippen LogP contribution in [-0.4, -0.2) is 62.1 Å². The maximum Gasteiger partial charge on any atom is 0.193 e. The van der Waals surface area contributed by atoms with Crippen LogP contribution in [0.25, 0.3) is 0 Å². The van der Waals surface area contributed by atoms with E-state index in [1.54, 1.807) is 0 Å². The third kappa shape index (κ3) is 5.60. The van der Waals surface area contributed by atoms with Gasteiger partial charge in [-0.1, -0.05) is 48.0 Å². The maximum absolute atomic E-state index is 4.58. The Morgan fingerprint density at radius 2 is 2.00 bits per heavy atom. The molecule has 1 aliphatic heterocycles. The summed E-state index contributed by atoms with van der Waals surface area (Å²) in [5, 5.41) is 3.68. The average Bonchev–Trinajstić information content (AvgIpc) is 3.30. The fourth-order valence-corrected chi connectivity index (χ4v) is 4.89. The zero-order valence-electron chi connectivity index (χ0n) is 16.9. The smallest absolute Gasteiger partial charge is 0.193 e. The average molecular weight is 549 g/mol. The second-order valence-electron chi connectivity index (χ2n) is 7.75. The van der Waals surface area contributed by atoms with Gasteiger partial charge in [-0.15, -0.1) is 24.0 Å². The van der Waals surface area contributed by atoms with E-state index in [1.807, 2.05) is 7.05 Å². The highest BCUT2D eigenvalue weighted by Crippen LogP contribution is 2.49. The summed E-state index contributed by atoms with van der Waals surface area (Å²) in [6, 6.07) is 8.66. The minimum absolute atomic E-state index is 0. The Balaban J connectivity index is 0.00000261. The fraction of sp³-hybridized carbons (Fsp3) is 0.667. The standard InChI is InChI=1S/C21H33BrN4.HI/c1-4-25(5-2)14-17-10-13-26(15-17)20(23-3)24-16-21(11-12-21)18-8-6-7-9-19(18)22;/h6-9,17H,4-5,10-16H2,1-3H3,(H,23,24);1H. The molecule has 1 aromatic carbocycles. The van der Waals surface area contributed by atoms with Crippen LogP contribution in [0.2, 0.25) is 0 Å². The third-order valence-corrected chi connectivity index (χ3v) is 6.78. The van der Waals surface area contributed by atoms with Crippen LogP contribution in [0.3, 0.4) is 0 Å². The number of aliphatic imine (C=N–C) groups is 1. The molecule has 3 rings (SSSR count). The lowest BCUT2D eigenvalue weighted by Gasteiger charge is -2.26. The second kappa shape index (κ2) is 10.4. The first-order chi connectivity index (χ1) is 12.6. The van der Waals surface area contributed by atoms with Crippen molar-refractivity contribution in [1.82, 2.24) is 15.1 Å². The lowest BCUT2D eigenvalue weighted by atomic mass is 9.96. The van der Waals surface area contributed by atoms with Gasteiger partial charge >= 0.3 is 0 Å². The van der Waals surface area contributed by atoms with Gasteiger partial charge in [-0.05, 0) is 49.9 Å². The predicted octanol–water partition coefficient (Wildman–Crippen LogP) is 4.34. The molecule has 2 aliphatic rings. The van der Waals surface area contributed by atoms with Crippen LogP contribution in [0, 0.1) is 5.92 Å². The number of halogens is 2. The summed E-state index contributed by atoms with van der Waals surface area (Å²) < 4.78 is 1.23. The van der Waals surface area contributed by atoms with Crippen LogP contribution in [0.15, 0.2) is 33.7 Å². The molecule has 4 nitrogen and oxygen atoms in total. The van der Waals surface area contributed by atoms with Crippen LogP contribution in [0.4, 0.5) is 0 Å². The number of nitrogens with one attached hydrogen (secondary N) is 1. The number of hydrogen-bond acceptors (Lipinski definition) is 2. The molecule has 2 fully saturated rings. The first-order valence-corrected chi connectivity index (χ1v) is 10.8. The van der Waals surface area contributed by atoms with Crippen molar-refractivity contribution in [2.45, 2.75) is 38.5 Å². The first kappa shape index (κ1) is 22.9. The second-order valence-corrected chi connectivity index (χ2v) is 8.60. The molecule has 152 valence electrons. The van der Waals surface area contributed by atoms with E-state index in [0.29, 0.717) is 0 Å². The molecule has 6 heteroatoms. The minimum Gasteiger partial charge on any atom is -0.355 e. The number of rotatable bonds is 7. The molecule has 0 spiro atoms. The van der Waals surface area contributed by atoms with E-state index in [-0.39, 0.29) is 29.4 Å². The van der Waals surface area contributed by atoms with Crippen molar-refractivity contribution in [3.8, 4) is 0 Å². The Morgan fingerprint density at radius 1 is 1.30 bits per heavy atom. The zero-order valence-corrected chi connectivity index (χ0v) is 20.8. The Morgan fingerprint density at radius 3 is 2.59 bits per heavy atom. The highest BCUT2D eigenvalue weighted by molar-refractivity contribution is 14.0. The molecular weight excluding hydrogens is 515 g/mol. The highest BCUT2D eigenvalue weighted by Gasteiger charge is 2.45. The Kier molecular flexibility index (Phi) is 8.87. The summed E-state index contributed by atoms with van der Waals surface area (Å²) in [6.45, 7) is 11.2. The van der Waals surface area contributed by atoms with E-state index in [9.17, 15) is 0 Å². The molecule has 1 unspecified atom stereocenters.